The average molecular weight is 279 g/mol. The molecule has 2 atom stereocenters. The van der Waals surface area contributed by atoms with E-state index in [9.17, 15) is 17.8 Å². The summed E-state index contributed by atoms with van der Waals surface area (Å²) in [6.45, 7) is 7.91. The van der Waals surface area contributed by atoms with Crippen molar-refractivity contribution >= 4 is 16.1 Å². The number of ether oxygens (including phenoxy) is 1. The van der Waals surface area contributed by atoms with Gasteiger partial charge in [-0.3, -0.25) is 0 Å². The molecule has 0 aromatic carbocycles. The van der Waals surface area contributed by atoms with Crippen LogP contribution >= 0.6 is 0 Å². The van der Waals surface area contributed by atoms with Gasteiger partial charge in [0.2, 0.25) is 0 Å². The van der Waals surface area contributed by atoms with Gasteiger partial charge < -0.3 is 14.2 Å². The van der Waals surface area contributed by atoms with Crippen LogP contribution in [0.1, 0.15) is 20.3 Å². The predicted octanol–water partition coefficient (Wildman–Crippen LogP) is -1.06. The van der Waals surface area contributed by atoms with Crippen molar-refractivity contribution in [1.29, 1.82) is 0 Å². The smallest absolute Gasteiger partial charge is 0.333 e. The van der Waals surface area contributed by atoms with E-state index in [1.165, 1.54) is 0 Å². The van der Waals surface area contributed by atoms with E-state index in [-0.39, 0.29) is 11.9 Å². The molecular weight excluding hydrogens is 258 g/mol. The third kappa shape index (κ3) is 9.15. The quantitative estimate of drug-likeness (QED) is 0.348. The lowest BCUT2D eigenvalue weighted by Crippen LogP contribution is -3.10. The van der Waals surface area contributed by atoms with Gasteiger partial charge in [-0.25, -0.2) is 13.2 Å². The van der Waals surface area contributed by atoms with Crippen LogP contribution in [0.15, 0.2) is 12.2 Å². The lowest BCUT2D eigenvalue weighted by Gasteiger charge is -2.19. The zero-order chi connectivity index (χ0) is 14.3. The Labute approximate surface area is 108 Å². The van der Waals surface area contributed by atoms with Crippen molar-refractivity contribution in [2.45, 2.75) is 26.4 Å². The monoisotopic (exact) mass is 279 g/mol. The van der Waals surface area contributed by atoms with Crippen molar-refractivity contribution in [3.05, 3.63) is 12.2 Å². The molecule has 0 fully saturated rings. The lowest BCUT2D eigenvalue weighted by atomic mass is 10.3. The van der Waals surface area contributed by atoms with Gasteiger partial charge in [-0.1, -0.05) is 6.58 Å². The molecule has 2 unspecified atom stereocenters. The summed E-state index contributed by atoms with van der Waals surface area (Å²) in [5.41, 5.74) is 0.344. The van der Waals surface area contributed by atoms with E-state index < -0.39 is 16.1 Å². The molecule has 0 aliphatic carbocycles. The molecule has 0 aromatic rings. The van der Waals surface area contributed by atoms with E-state index in [0.717, 1.165) is 4.90 Å². The first-order chi connectivity index (χ1) is 8.11. The molecular formula is C11H21NO5S. The van der Waals surface area contributed by atoms with E-state index in [4.69, 9.17) is 4.74 Å². The lowest BCUT2D eigenvalue weighted by molar-refractivity contribution is -0.882. The number of hydrogen-bond acceptors (Lipinski definition) is 5. The molecule has 0 rings (SSSR count). The van der Waals surface area contributed by atoms with Crippen molar-refractivity contribution in [2.75, 3.05) is 25.9 Å². The van der Waals surface area contributed by atoms with E-state index in [2.05, 4.69) is 6.58 Å². The van der Waals surface area contributed by atoms with Gasteiger partial charge in [-0.15, -0.1) is 0 Å². The Morgan fingerprint density at radius 1 is 1.50 bits per heavy atom. The first kappa shape index (κ1) is 17.1. The normalized spacial score (nSPS) is 14.9. The number of likely N-dealkylation sites (N-methyl/N-ethyl adjacent to an activating group) is 1. The van der Waals surface area contributed by atoms with Crippen LogP contribution in [0.2, 0.25) is 0 Å². The molecule has 6 nitrogen and oxygen atoms in total. The van der Waals surface area contributed by atoms with Crippen LogP contribution in [-0.4, -0.2) is 50.9 Å². The number of nitrogens with one attached hydrogen (secondary N) is 1. The highest BCUT2D eigenvalue weighted by atomic mass is 32.2. The Balaban J connectivity index is 3.90. The number of rotatable bonds is 8. The fourth-order valence-electron chi connectivity index (χ4n) is 1.47. The number of quaternary nitrogens is 1. The van der Waals surface area contributed by atoms with Gasteiger partial charge in [-0.05, 0) is 13.8 Å². The summed E-state index contributed by atoms with van der Waals surface area (Å²) in [5.74, 6) is -0.790. The van der Waals surface area contributed by atoms with E-state index in [1.54, 1.807) is 13.8 Å². The fraction of sp³-hybridized carbons (Fsp3) is 0.727. The number of esters is 1. The maximum absolute atomic E-state index is 11.2. The van der Waals surface area contributed by atoms with Crippen LogP contribution in [0.3, 0.4) is 0 Å². The maximum Gasteiger partial charge on any atom is 0.333 e. The molecule has 0 saturated heterocycles. The van der Waals surface area contributed by atoms with Gasteiger partial charge in [0.05, 0.1) is 23.7 Å². The highest BCUT2D eigenvalue weighted by Crippen LogP contribution is 1.96. The van der Waals surface area contributed by atoms with Gasteiger partial charge in [0.25, 0.3) is 0 Å². The summed E-state index contributed by atoms with van der Waals surface area (Å²) in [5, 5.41) is 0. The Morgan fingerprint density at radius 2 is 2.06 bits per heavy atom. The second-order valence-corrected chi connectivity index (χ2v) is 6.05. The molecule has 0 bridgehead atoms. The molecule has 0 spiro atoms. The van der Waals surface area contributed by atoms with Gasteiger partial charge in [0.15, 0.2) is 0 Å². The van der Waals surface area contributed by atoms with Crippen LogP contribution in [0.5, 0.6) is 0 Å². The topological polar surface area (TPSA) is 87.9 Å². The minimum Gasteiger partial charge on any atom is -0.748 e. The molecule has 0 saturated carbocycles. The summed E-state index contributed by atoms with van der Waals surface area (Å²) in [7, 11) is -2.29. The van der Waals surface area contributed by atoms with E-state index >= 15 is 0 Å². The molecule has 106 valence electrons. The second-order valence-electron chi connectivity index (χ2n) is 4.52. The third-order valence-corrected chi connectivity index (χ3v) is 3.08. The number of carbonyl (C=O) groups excluding carboxylic acids is 1. The first-order valence-corrected chi connectivity index (χ1v) is 7.31. The van der Waals surface area contributed by atoms with Crippen molar-refractivity contribution in [2.24, 2.45) is 0 Å². The van der Waals surface area contributed by atoms with Gasteiger partial charge in [0, 0.05) is 17.7 Å². The minimum atomic E-state index is -4.14. The van der Waals surface area contributed by atoms with Crippen LogP contribution in [0.4, 0.5) is 0 Å². The first-order valence-electron chi connectivity index (χ1n) is 5.73. The second kappa shape index (κ2) is 7.50. The fourth-order valence-corrected chi connectivity index (χ4v) is 1.97. The molecule has 1 N–H and O–H groups in total. The molecule has 0 amide bonds. The largest absolute Gasteiger partial charge is 0.748 e. The minimum absolute atomic E-state index is 0.280. The molecule has 0 radical (unpaired) electrons. The van der Waals surface area contributed by atoms with Crippen LogP contribution in [0.25, 0.3) is 0 Å². The predicted molar refractivity (Wildman–Crippen MR) is 66.2 cm³/mol. The van der Waals surface area contributed by atoms with Crippen molar-refractivity contribution in [3.8, 4) is 0 Å². The Bertz CT molecular complexity index is 390. The Morgan fingerprint density at radius 3 is 2.50 bits per heavy atom. The Kier molecular flexibility index (Phi) is 7.12. The SMILES string of the molecule is C=C(C)C(=O)OC(C)C[NH+](C)CCCS(=O)(=O)[O-]. The third-order valence-electron chi connectivity index (χ3n) is 2.29. The summed E-state index contributed by atoms with van der Waals surface area (Å²) >= 11 is 0. The van der Waals surface area contributed by atoms with Gasteiger partial charge in [0.1, 0.15) is 12.6 Å². The number of hydrogen-bond donors (Lipinski definition) is 1. The zero-order valence-electron chi connectivity index (χ0n) is 11.1. The molecule has 18 heavy (non-hydrogen) atoms. The average Bonchev–Trinajstić information content (AvgIpc) is 2.14. The van der Waals surface area contributed by atoms with Gasteiger partial charge >= 0.3 is 5.97 Å². The molecule has 0 aromatic heterocycles. The van der Waals surface area contributed by atoms with Crippen LogP contribution < -0.4 is 4.90 Å². The summed E-state index contributed by atoms with van der Waals surface area (Å²) in [6, 6.07) is 0. The molecule has 0 heterocycles. The standard InChI is InChI=1S/C11H21NO5S/c1-9(2)11(13)17-10(3)8-12(4)6-5-7-18(14,15)16/h10H,1,5-8H2,2-4H3,(H,14,15,16). The molecule has 7 heteroatoms. The van der Waals surface area contributed by atoms with Crippen LogP contribution in [-0.2, 0) is 19.6 Å². The van der Waals surface area contributed by atoms with Crippen LogP contribution in [0, 0.1) is 0 Å². The van der Waals surface area contributed by atoms with Gasteiger partial charge in [-0.2, -0.15) is 0 Å². The zero-order valence-corrected chi connectivity index (χ0v) is 11.9. The van der Waals surface area contributed by atoms with E-state index in [1.807, 2.05) is 7.05 Å². The molecule has 0 aliphatic heterocycles. The highest BCUT2D eigenvalue weighted by molar-refractivity contribution is 7.85. The van der Waals surface area contributed by atoms with Crippen molar-refractivity contribution < 1.29 is 27.4 Å². The van der Waals surface area contributed by atoms with Crippen molar-refractivity contribution in [1.82, 2.24) is 0 Å². The van der Waals surface area contributed by atoms with E-state index in [0.29, 0.717) is 25.1 Å². The number of carbonyl (C=O) groups is 1. The Hall–Kier alpha value is -0.920. The highest BCUT2D eigenvalue weighted by Gasteiger charge is 2.14. The molecule has 0 aliphatic rings. The summed E-state index contributed by atoms with van der Waals surface area (Å²) in [6.07, 6.45) is 0.0248. The summed E-state index contributed by atoms with van der Waals surface area (Å²) < 4.78 is 36.3. The van der Waals surface area contributed by atoms with Crippen molar-refractivity contribution in [3.63, 3.8) is 0 Å². The maximum atomic E-state index is 11.2. The summed E-state index contributed by atoms with van der Waals surface area (Å²) in [4.78, 5) is 12.2.